The van der Waals surface area contributed by atoms with Crippen LogP contribution in [-0.4, -0.2) is 40.4 Å². The van der Waals surface area contributed by atoms with E-state index in [4.69, 9.17) is 0 Å². The summed E-state index contributed by atoms with van der Waals surface area (Å²) in [6, 6.07) is 0. The van der Waals surface area contributed by atoms with Crippen molar-refractivity contribution in [3.63, 3.8) is 0 Å². The molecular weight excluding hydrogens is 208 g/mol. The molecule has 4 heteroatoms. The summed E-state index contributed by atoms with van der Waals surface area (Å²) >= 11 is 0. The molecule has 0 aromatic heterocycles. The maximum absolute atomic E-state index is 0. The Balaban J connectivity index is 0. The summed E-state index contributed by atoms with van der Waals surface area (Å²) in [6.45, 7) is 0. The van der Waals surface area contributed by atoms with E-state index in [0.29, 0.717) is 0 Å². The van der Waals surface area contributed by atoms with E-state index in [2.05, 4.69) is 0 Å². The van der Waals surface area contributed by atoms with Crippen LogP contribution < -0.4 is 0 Å². The summed E-state index contributed by atoms with van der Waals surface area (Å²) in [4.78, 5) is 0. The van der Waals surface area contributed by atoms with E-state index in [1.165, 1.54) is 0 Å². The van der Waals surface area contributed by atoms with Crippen LogP contribution in [0, 0.1) is 0 Å². The molecule has 0 aliphatic rings. The van der Waals surface area contributed by atoms with Crippen LogP contribution in [0.1, 0.15) is 0 Å². The molecule has 16 valence electrons. The largest absolute Gasteiger partial charge is 0.316 e. The van der Waals surface area contributed by atoms with Gasteiger partial charge in [-0.15, -0.1) is 0 Å². The van der Waals surface area contributed by atoms with E-state index >= 15 is 0 Å². The zero-order chi connectivity index (χ0) is 0. The van der Waals surface area contributed by atoms with Gasteiger partial charge in [0.25, 0.3) is 0 Å². The fraction of sp³-hybridized carbons (Fsp3) is 0. The molecule has 0 saturated heterocycles. The average Bonchev–Trinajstić information content (AvgIpc) is 0. The van der Waals surface area contributed by atoms with Crippen LogP contribution in [0.2, 0.25) is 0 Å². The molecule has 0 atom stereocenters. The molecule has 0 aromatic rings. The maximum Gasteiger partial charge on any atom is 0.316 e. The first kappa shape index (κ1) is 29.1. The Morgan fingerprint density at radius 1 is 1.00 bits per heavy atom. The molecule has 0 nitrogen and oxygen atoms in total. The third kappa shape index (κ3) is 8.84. The standard InChI is InChI=1S/Al.Mg.Zn.Zr.5H. The van der Waals surface area contributed by atoms with Gasteiger partial charge in [-0.3, -0.25) is 0 Å². The van der Waals surface area contributed by atoms with Crippen molar-refractivity contribution in [2.45, 2.75) is 0 Å². The van der Waals surface area contributed by atoms with Gasteiger partial charge in [-0.1, -0.05) is 0 Å². The van der Waals surface area contributed by atoms with Crippen LogP contribution >= 0.6 is 0 Å². The van der Waals surface area contributed by atoms with Gasteiger partial charge in [0, 0.05) is 45.7 Å². The summed E-state index contributed by atoms with van der Waals surface area (Å²) in [5, 5.41) is 0. The van der Waals surface area contributed by atoms with Crippen LogP contribution in [0.5, 0.6) is 0 Å². The SMILES string of the molecule is [AlH3].[MgH2].[Zn].[Zr]. The summed E-state index contributed by atoms with van der Waals surface area (Å²) < 4.78 is 0. The van der Waals surface area contributed by atoms with Gasteiger partial charge in [0.1, 0.15) is 0 Å². The zero-order valence-corrected chi connectivity index (χ0v) is 6.63. The Morgan fingerprint density at radius 2 is 1.00 bits per heavy atom. The van der Waals surface area contributed by atoms with Crippen molar-refractivity contribution in [2.24, 2.45) is 0 Å². The van der Waals surface area contributed by atoms with E-state index < -0.39 is 0 Å². The summed E-state index contributed by atoms with van der Waals surface area (Å²) in [5.41, 5.74) is 0. The molecule has 0 radical (unpaired) electrons. The monoisotopic (exact) mass is 210 g/mol. The van der Waals surface area contributed by atoms with Gasteiger partial charge < -0.3 is 0 Å². The smallest absolute Gasteiger partial charge is 0 e. The van der Waals surface area contributed by atoms with Crippen molar-refractivity contribution in [1.82, 2.24) is 0 Å². The van der Waals surface area contributed by atoms with Crippen LogP contribution in [0.25, 0.3) is 0 Å². The van der Waals surface area contributed by atoms with Crippen molar-refractivity contribution in [3.05, 3.63) is 0 Å². The molecule has 0 aliphatic heterocycles. The molecular formula is H5AlMgZnZr. The Bertz CT molecular complexity index is 8.00. The predicted molar refractivity (Wildman–Crippen MR) is 18.5 cm³/mol. The van der Waals surface area contributed by atoms with Crippen LogP contribution in [0.3, 0.4) is 0 Å². The Hall–Kier alpha value is 2.81. The molecule has 0 heterocycles. The second-order valence-corrected chi connectivity index (χ2v) is 0. The van der Waals surface area contributed by atoms with Gasteiger partial charge in [0.2, 0.25) is 0 Å². The number of hydrogen-bond donors (Lipinski definition) is 0. The van der Waals surface area contributed by atoms with Gasteiger partial charge in [-0.05, 0) is 0 Å². The minimum absolute atomic E-state index is 0. The fourth-order valence-corrected chi connectivity index (χ4v) is 0. The first-order valence-corrected chi connectivity index (χ1v) is 0. The summed E-state index contributed by atoms with van der Waals surface area (Å²) in [5.74, 6) is 0. The molecule has 0 spiro atoms. The van der Waals surface area contributed by atoms with E-state index in [0.717, 1.165) is 0 Å². The van der Waals surface area contributed by atoms with Crippen molar-refractivity contribution < 1.29 is 45.7 Å². The summed E-state index contributed by atoms with van der Waals surface area (Å²) in [6.07, 6.45) is 0. The van der Waals surface area contributed by atoms with Gasteiger partial charge in [0.15, 0.2) is 17.4 Å². The van der Waals surface area contributed by atoms with Crippen LogP contribution in [0.4, 0.5) is 0 Å². The maximum atomic E-state index is 0. The van der Waals surface area contributed by atoms with Crippen LogP contribution in [0.15, 0.2) is 0 Å². The quantitative estimate of drug-likeness (QED) is 0.404. The first-order valence-electron chi connectivity index (χ1n) is 0. The topological polar surface area (TPSA) is 0 Å². The van der Waals surface area contributed by atoms with Crippen molar-refractivity contribution in [3.8, 4) is 0 Å². The molecule has 4 heavy (non-hydrogen) atoms. The molecule has 0 bridgehead atoms. The predicted octanol–water partition coefficient (Wildman–Crippen LogP) is -2.11. The molecule has 0 rings (SSSR count). The van der Waals surface area contributed by atoms with Gasteiger partial charge in [-0.25, -0.2) is 0 Å². The Morgan fingerprint density at radius 3 is 1.00 bits per heavy atom. The second-order valence-electron chi connectivity index (χ2n) is 0. The third-order valence-electron chi connectivity index (χ3n) is 0. The molecule has 0 unspecified atom stereocenters. The molecule has 0 saturated carbocycles. The van der Waals surface area contributed by atoms with E-state index in [9.17, 15) is 0 Å². The molecule has 0 fully saturated rings. The Labute approximate surface area is 84.6 Å². The number of rotatable bonds is 0. The van der Waals surface area contributed by atoms with E-state index in [-0.39, 0.29) is 86.1 Å². The van der Waals surface area contributed by atoms with E-state index in [1.54, 1.807) is 0 Å². The van der Waals surface area contributed by atoms with Gasteiger partial charge >= 0.3 is 23.1 Å². The van der Waals surface area contributed by atoms with Gasteiger partial charge in [0.05, 0.1) is 0 Å². The van der Waals surface area contributed by atoms with Crippen molar-refractivity contribution in [2.75, 3.05) is 0 Å². The molecule has 0 aliphatic carbocycles. The molecule has 0 N–H and O–H groups in total. The average molecular weight is 213 g/mol. The third-order valence-corrected chi connectivity index (χ3v) is 0. The second kappa shape index (κ2) is 17.0. The van der Waals surface area contributed by atoms with Crippen molar-refractivity contribution in [1.29, 1.82) is 0 Å². The fourth-order valence-electron chi connectivity index (χ4n) is 0. The zero-order valence-electron chi connectivity index (χ0n) is 1.21. The van der Waals surface area contributed by atoms with Crippen molar-refractivity contribution >= 4 is 40.4 Å². The number of hydrogen-bond acceptors (Lipinski definition) is 0. The normalized spacial score (nSPS) is 0. The first-order chi connectivity index (χ1) is 0. The minimum atomic E-state index is 0. The van der Waals surface area contributed by atoms with E-state index in [1.807, 2.05) is 0 Å². The van der Waals surface area contributed by atoms with Crippen LogP contribution in [-0.2, 0) is 45.7 Å². The summed E-state index contributed by atoms with van der Waals surface area (Å²) in [7, 11) is 0. The van der Waals surface area contributed by atoms with Gasteiger partial charge in [-0.2, -0.15) is 0 Å². The molecule has 0 aromatic carbocycles. The minimum Gasteiger partial charge on any atom is 0 e. The Kier molecular flexibility index (Phi) is 124. The molecule has 0 amide bonds.